The molecule has 1 heterocycles. The summed E-state index contributed by atoms with van der Waals surface area (Å²) in [4.78, 5) is 0. The molecule has 5 heteroatoms. The first-order chi connectivity index (χ1) is 10.2. The minimum atomic E-state index is -0.313. The number of nitrogens with zero attached hydrogens (tertiary/aromatic N) is 3. The Bertz CT molecular complexity index is 779. The van der Waals surface area contributed by atoms with Gasteiger partial charge in [-0.15, -0.1) is 5.10 Å². The number of aromatic nitrogens is 3. The summed E-state index contributed by atoms with van der Waals surface area (Å²) < 4.78 is 15.1. The smallest absolute Gasteiger partial charge is 0.125 e. The molecule has 0 saturated carbocycles. The van der Waals surface area contributed by atoms with Gasteiger partial charge in [-0.2, -0.15) is 0 Å². The third-order valence-corrected chi connectivity index (χ3v) is 3.28. The molecule has 3 aromatic rings. The summed E-state index contributed by atoms with van der Waals surface area (Å²) in [7, 11) is 0. The highest BCUT2D eigenvalue weighted by atomic mass is 19.1. The van der Waals surface area contributed by atoms with Crippen molar-refractivity contribution in [3.8, 4) is 16.9 Å². The molecule has 1 aromatic heterocycles. The number of aryl methyl sites for hydroxylation is 1. The Labute approximate surface area is 122 Å². The predicted molar refractivity (Wildman–Crippen MR) is 79.4 cm³/mol. The first-order valence-corrected chi connectivity index (χ1v) is 6.66. The highest BCUT2D eigenvalue weighted by Gasteiger charge is 2.15. The fraction of sp³-hybridized carbons (Fsp3) is 0.125. The number of benzene rings is 2. The molecule has 0 unspecified atom stereocenters. The van der Waals surface area contributed by atoms with Crippen molar-refractivity contribution >= 4 is 0 Å². The molecule has 0 aliphatic carbocycles. The molecule has 3 rings (SSSR count). The molecular formula is C16H15FN4. The number of hydrogen-bond donors (Lipinski definition) is 1. The van der Waals surface area contributed by atoms with Crippen LogP contribution in [0.5, 0.6) is 0 Å². The van der Waals surface area contributed by atoms with Crippen molar-refractivity contribution in [3.63, 3.8) is 0 Å². The summed E-state index contributed by atoms with van der Waals surface area (Å²) in [6, 6.07) is 14.3. The molecule has 21 heavy (non-hydrogen) atoms. The molecule has 0 atom stereocenters. The lowest BCUT2D eigenvalue weighted by molar-refractivity contribution is 0.625. The number of hydrogen-bond acceptors (Lipinski definition) is 3. The van der Waals surface area contributed by atoms with Crippen molar-refractivity contribution in [1.29, 1.82) is 0 Å². The van der Waals surface area contributed by atoms with Crippen LogP contribution in [0.15, 0.2) is 48.5 Å². The van der Waals surface area contributed by atoms with Gasteiger partial charge in [-0.3, -0.25) is 0 Å². The van der Waals surface area contributed by atoms with Crippen molar-refractivity contribution < 1.29 is 4.39 Å². The maximum absolute atomic E-state index is 13.5. The zero-order valence-corrected chi connectivity index (χ0v) is 11.6. The fourth-order valence-corrected chi connectivity index (χ4v) is 2.32. The van der Waals surface area contributed by atoms with Crippen LogP contribution in [0.4, 0.5) is 4.39 Å². The summed E-state index contributed by atoms with van der Waals surface area (Å²) in [6.45, 7) is 2.29. The summed E-state index contributed by atoms with van der Waals surface area (Å²) in [5.41, 5.74) is 9.95. The van der Waals surface area contributed by atoms with E-state index in [-0.39, 0.29) is 12.4 Å². The van der Waals surface area contributed by atoms with Gasteiger partial charge in [0.25, 0.3) is 0 Å². The van der Waals surface area contributed by atoms with E-state index in [1.807, 2.05) is 31.2 Å². The monoisotopic (exact) mass is 282 g/mol. The molecule has 2 aromatic carbocycles. The van der Waals surface area contributed by atoms with Crippen molar-refractivity contribution in [3.05, 3.63) is 65.6 Å². The molecule has 0 aliphatic rings. The largest absolute Gasteiger partial charge is 0.325 e. The average Bonchev–Trinajstić information content (AvgIpc) is 2.91. The molecule has 0 fully saturated rings. The highest BCUT2D eigenvalue weighted by molar-refractivity contribution is 5.65. The van der Waals surface area contributed by atoms with E-state index >= 15 is 0 Å². The summed E-state index contributed by atoms with van der Waals surface area (Å²) in [6.07, 6.45) is 0. The van der Waals surface area contributed by atoms with Crippen LogP contribution in [-0.2, 0) is 6.54 Å². The molecule has 106 valence electrons. The van der Waals surface area contributed by atoms with Gasteiger partial charge < -0.3 is 5.73 Å². The van der Waals surface area contributed by atoms with E-state index in [2.05, 4.69) is 10.3 Å². The molecule has 0 bridgehead atoms. The Morgan fingerprint density at radius 2 is 1.95 bits per heavy atom. The molecule has 0 spiro atoms. The Hall–Kier alpha value is -2.53. The molecule has 0 amide bonds. The van der Waals surface area contributed by atoms with Crippen LogP contribution in [0.3, 0.4) is 0 Å². The SMILES string of the molecule is Cc1cccc(-c2c(CN)nnn2-c2cccc(F)c2)c1. The lowest BCUT2D eigenvalue weighted by Crippen LogP contribution is -2.03. The quantitative estimate of drug-likeness (QED) is 0.803. The summed E-state index contributed by atoms with van der Waals surface area (Å²) in [5, 5.41) is 8.24. The highest BCUT2D eigenvalue weighted by Crippen LogP contribution is 2.26. The van der Waals surface area contributed by atoms with Gasteiger partial charge in [0.15, 0.2) is 0 Å². The van der Waals surface area contributed by atoms with Crippen LogP contribution >= 0.6 is 0 Å². The van der Waals surface area contributed by atoms with E-state index in [0.717, 1.165) is 16.8 Å². The Kier molecular flexibility index (Phi) is 3.50. The zero-order chi connectivity index (χ0) is 14.8. The van der Waals surface area contributed by atoms with Crippen LogP contribution in [0.2, 0.25) is 0 Å². The van der Waals surface area contributed by atoms with Crippen molar-refractivity contribution in [1.82, 2.24) is 15.0 Å². The van der Waals surface area contributed by atoms with Gasteiger partial charge in [-0.05, 0) is 31.2 Å². The first-order valence-electron chi connectivity index (χ1n) is 6.66. The second kappa shape index (κ2) is 5.46. The second-order valence-electron chi connectivity index (χ2n) is 4.85. The van der Waals surface area contributed by atoms with Gasteiger partial charge >= 0.3 is 0 Å². The van der Waals surface area contributed by atoms with Crippen molar-refractivity contribution in [2.45, 2.75) is 13.5 Å². The van der Waals surface area contributed by atoms with Gasteiger partial charge in [-0.25, -0.2) is 9.07 Å². The second-order valence-corrected chi connectivity index (χ2v) is 4.85. The average molecular weight is 282 g/mol. The number of rotatable bonds is 3. The van der Waals surface area contributed by atoms with E-state index < -0.39 is 0 Å². The van der Waals surface area contributed by atoms with E-state index in [1.54, 1.807) is 16.8 Å². The van der Waals surface area contributed by atoms with E-state index in [0.29, 0.717) is 11.4 Å². The minimum absolute atomic E-state index is 0.276. The molecule has 4 nitrogen and oxygen atoms in total. The molecule has 0 aliphatic heterocycles. The van der Waals surface area contributed by atoms with Crippen LogP contribution in [0, 0.1) is 12.7 Å². The van der Waals surface area contributed by atoms with Crippen molar-refractivity contribution in [2.24, 2.45) is 5.73 Å². The molecule has 0 saturated heterocycles. The standard InChI is InChI=1S/C16H15FN4/c1-11-4-2-5-12(8-11)16-15(10-18)19-20-21(16)14-7-3-6-13(17)9-14/h2-9H,10,18H2,1H3. The van der Waals surface area contributed by atoms with Gasteiger partial charge in [0.2, 0.25) is 0 Å². The Morgan fingerprint density at radius 3 is 2.67 bits per heavy atom. The van der Waals surface area contributed by atoms with E-state index in [1.165, 1.54) is 12.1 Å². The van der Waals surface area contributed by atoms with Crippen LogP contribution in [0.1, 0.15) is 11.3 Å². The predicted octanol–water partition coefficient (Wildman–Crippen LogP) is 2.84. The van der Waals surface area contributed by atoms with Gasteiger partial charge in [0.05, 0.1) is 11.4 Å². The Morgan fingerprint density at radius 1 is 1.14 bits per heavy atom. The van der Waals surface area contributed by atoms with Gasteiger partial charge in [-0.1, -0.05) is 35.0 Å². The van der Waals surface area contributed by atoms with Crippen LogP contribution < -0.4 is 5.73 Å². The maximum Gasteiger partial charge on any atom is 0.125 e. The van der Waals surface area contributed by atoms with Crippen LogP contribution in [0.25, 0.3) is 16.9 Å². The van der Waals surface area contributed by atoms with Gasteiger partial charge in [0, 0.05) is 12.1 Å². The third-order valence-electron chi connectivity index (χ3n) is 3.28. The molecular weight excluding hydrogens is 267 g/mol. The lowest BCUT2D eigenvalue weighted by Gasteiger charge is -2.08. The van der Waals surface area contributed by atoms with Crippen molar-refractivity contribution in [2.75, 3.05) is 0 Å². The third kappa shape index (κ3) is 2.55. The fourth-order valence-electron chi connectivity index (χ4n) is 2.32. The molecule has 2 N–H and O–H groups in total. The zero-order valence-electron chi connectivity index (χ0n) is 11.6. The normalized spacial score (nSPS) is 10.8. The topological polar surface area (TPSA) is 56.7 Å². The van der Waals surface area contributed by atoms with E-state index in [4.69, 9.17) is 5.73 Å². The number of halogens is 1. The summed E-state index contributed by atoms with van der Waals surface area (Å²) >= 11 is 0. The minimum Gasteiger partial charge on any atom is -0.325 e. The maximum atomic E-state index is 13.5. The molecule has 0 radical (unpaired) electrons. The first kappa shape index (κ1) is 13.5. The summed E-state index contributed by atoms with van der Waals surface area (Å²) in [5.74, 6) is -0.313. The van der Waals surface area contributed by atoms with Gasteiger partial charge in [0.1, 0.15) is 11.5 Å². The Balaban J connectivity index is 2.21. The number of nitrogens with two attached hydrogens (primary N) is 1. The van der Waals surface area contributed by atoms with E-state index in [9.17, 15) is 4.39 Å². The van der Waals surface area contributed by atoms with Crippen LogP contribution in [-0.4, -0.2) is 15.0 Å². The lowest BCUT2D eigenvalue weighted by atomic mass is 10.1.